The molecule has 2 heterocycles. The zero-order chi connectivity index (χ0) is 22.2. The van der Waals surface area contributed by atoms with E-state index in [1.54, 1.807) is 19.1 Å². The number of nitrogens with zero attached hydrogens (tertiary/aromatic N) is 2. The Bertz CT molecular complexity index is 888. The van der Waals surface area contributed by atoms with Crippen molar-refractivity contribution >= 4 is 17.8 Å². The number of benzene rings is 1. The predicted molar refractivity (Wildman–Crippen MR) is 114 cm³/mol. The Labute approximate surface area is 182 Å². The molecule has 0 aromatic heterocycles. The molecule has 3 aliphatic rings. The quantitative estimate of drug-likeness (QED) is 0.727. The van der Waals surface area contributed by atoms with Crippen molar-refractivity contribution in [3.05, 3.63) is 23.8 Å². The average Bonchev–Trinajstić information content (AvgIpc) is 3.35. The molecular weight excluding hydrogens is 398 g/mol. The van der Waals surface area contributed by atoms with Gasteiger partial charge in [0.15, 0.2) is 0 Å². The second kappa shape index (κ2) is 8.40. The Hall–Kier alpha value is -2.77. The Morgan fingerprint density at radius 2 is 1.97 bits per heavy atom. The molecule has 1 spiro atoms. The average molecular weight is 430 g/mol. The second-order valence-electron chi connectivity index (χ2n) is 8.79. The van der Waals surface area contributed by atoms with Gasteiger partial charge < -0.3 is 19.7 Å². The molecular formula is C23H31N3O5. The summed E-state index contributed by atoms with van der Waals surface area (Å²) in [5.41, 5.74) is 0.0260. The first-order valence-electron chi connectivity index (χ1n) is 11.1. The Balaban J connectivity index is 1.53. The number of methoxy groups -OCH3 is 2. The van der Waals surface area contributed by atoms with E-state index < -0.39 is 11.6 Å². The molecule has 3 fully saturated rings. The van der Waals surface area contributed by atoms with Crippen LogP contribution >= 0.6 is 0 Å². The van der Waals surface area contributed by atoms with E-state index in [-0.39, 0.29) is 30.3 Å². The van der Waals surface area contributed by atoms with Crippen LogP contribution in [0.3, 0.4) is 0 Å². The molecule has 1 aliphatic carbocycles. The number of amides is 4. The molecule has 1 N–H and O–H groups in total. The molecule has 31 heavy (non-hydrogen) atoms. The number of ether oxygens (including phenoxy) is 2. The molecule has 1 aromatic rings. The van der Waals surface area contributed by atoms with Gasteiger partial charge in [0, 0.05) is 12.1 Å². The van der Waals surface area contributed by atoms with Crippen LogP contribution < -0.4 is 14.8 Å². The van der Waals surface area contributed by atoms with Crippen molar-refractivity contribution in [3.8, 4) is 11.5 Å². The van der Waals surface area contributed by atoms with Gasteiger partial charge in [0.05, 0.1) is 20.3 Å². The van der Waals surface area contributed by atoms with Crippen molar-refractivity contribution < 1.29 is 23.9 Å². The summed E-state index contributed by atoms with van der Waals surface area (Å²) >= 11 is 0. The summed E-state index contributed by atoms with van der Waals surface area (Å²) in [7, 11) is 3.20. The summed E-state index contributed by atoms with van der Waals surface area (Å²) in [5.74, 6) is 0.968. The normalized spacial score (nSPS) is 28.2. The van der Waals surface area contributed by atoms with E-state index in [0.717, 1.165) is 42.6 Å². The topological polar surface area (TPSA) is 88.2 Å². The van der Waals surface area contributed by atoms with Crippen molar-refractivity contribution in [2.24, 2.45) is 5.92 Å². The second-order valence-corrected chi connectivity index (χ2v) is 8.79. The smallest absolute Gasteiger partial charge is 0.325 e. The third kappa shape index (κ3) is 3.62. The highest BCUT2D eigenvalue weighted by Crippen LogP contribution is 2.40. The predicted octanol–water partition coefficient (Wildman–Crippen LogP) is 2.87. The van der Waals surface area contributed by atoms with Crippen LogP contribution in [-0.4, -0.2) is 60.5 Å². The minimum absolute atomic E-state index is 0.0679. The van der Waals surface area contributed by atoms with Crippen LogP contribution in [0.1, 0.15) is 57.1 Å². The minimum Gasteiger partial charge on any atom is -0.497 e. The fraction of sp³-hybridized carbons (Fsp3) is 0.609. The SMILES string of the molecule is COc1ccc(OC)c([C@@H]2CCCN2C(=O)CN2C(=O)N[C@@]3(CCCC[C@H]3C)C2=O)c1. The van der Waals surface area contributed by atoms with Crippen LogP contribution in [0, 0.1) is 5.92 Å². The summed E-state index contributed by atoms with van der Waals surface area (Å²) in [6, 6.07) is 4.91. The molecule has 4 amide bonds. The Morgan fingerprint density at radius 3 is 2.68 bits per heavy atom. The van der Waals surface area contributed by atoms with Crippen molar-refractivity contribution in [3.63, 3.8) is 0 Å². The van der Waals surface area contributed by atoms with Gasteiger partial charge >= 0.3 is 6.03 Å². The maximum atomic E-state index is 13.3. The van der Waals surface area contributed by atoms with E-state index in [1.807, 2.05) is 25.1 Å². The molecule has 168 valence electrons. The fourth-order valence-corrected chi connectivity index (χ4v) is 5.35. The molecule has 0 unspecified atom stereocenters. The molecule has 8 nitrogen and oxygen atoms in total. The minimum atomic E-state index is -0.851. The van der Waals surface area contributed by atoms with E-state index in [2.05, 4.69) is 5.32 Å². The molecule has 3 atom stereocenters. The summed E-state index contributed by atoms with van der Waals surface area (Å²) in [4.78, 5) is 42.0. The fourth-order valence-electron chi connectivity index (χ4n) is 5.35. The maximum Gasteiger partial charge on any atom is 0.325 e. The molecule has 0 bridgehead atoms. The van der Waals surface area contributed by atoms with Crippen molar-refractivity contribution in [1.82, 2.24) is 15.1 Å². The van der Waals surface area contributed by atoms with Gasteiger partial charge in [-0.3, -0.25) is 14.5 Å². The van der Waals surface area contributed by atoms with E-state index in [4.69, 9.17) is 9.47 Å². The van der Waals surface area contributed by atoms with Gasteiger partial charge in [-0.25, -0.2) is 4.79 Å². The van der Waals surface area contributed by atoms with Gasteiger partial charge in [-0.05, 0) is 49.8 Å². The number of urea groups is 1. The Kier molecular flexibility index (Phi) is 5.81. The number of hydrogen-bond acceptors (Lipinski definition) is 5. The number of carbonyl (C=O) groups is 3. The summed E-state index contributed by atoms with van der Waals surface area (Å²) in [6.45, 7) is 2.35. The summed E-state index contributed by atoms with van der Waals surface area (Å²) in [6.07, 6.45) is 5.13. The molecule has 1 saturated carbocycles. The van der Waals surface area contributed by atoms with Gasteiger partial charge in [-0.15, -0.1) is 0 Å². The lowest BCUT2D eigenvalue weighted by atomic mass is 9.73. The van der Waals surface area contributed by atoms with E-state index in [1.165, 1.54) is 0 Å². The third-order valence-corrected chi connectivity index (χ3v) is 7.16. The van der Waals surface area contributed by atoms with Crippen molar-refractivity contribution in [2.45, 2.75) is 57.0 Å². The van der Waals surface area contributed by atoms with Crippen LogP contribution in [-0.2, 0) is 9.59 Å². The zero-order valence-corrected chi connectivity index (χ0v) is 18.5. The lowest BCUT2D eigenvalue weighted by Gasteiger charge is -2.37. The monoisotopic (exact) mass is 429 g/mol. The van der Waals surface area contributed by atoms with Crippen LogP contribution in [0.5, 0.6) is 11.5 Å². The van der Waals surface area contributed by atoms with Gasteiger partial charge in [-0.2, -0.15) is 0 Å². The summed E-state index contributed by atoms with van der Waals surface area (Å²) < 4.78 is 10.9. The van der Waals surface area contributed by atoms with E-state index >= 15 is 0 Å². The van der Waals surface area contributed by atoms with Crippen molar-refractivity contribution in [2.75, 3.05) is 27.3 Å². The number of nitrogens with one attached hydrogen (secondary N) is 1. The lowest BCUT2D eigenvalue weighted by Crippen LogP contribution is -2.54. The zero-order valence-electron chi connectivity index (χ0n) is 18.5. The van der Waals surface area contributed by atoms with E-state index in [9.17, 15) is 14.4 Å². The largest absolute Gasteiger partial charge is 0.497 e. The molecule has 8 heteroatoms. The molecule has 1 aromatic carbocycles. The van der Waals surface area contributed by atoms with Gasteiger partial charge in [-0.1, -0.05) is 19.8 Å². The van der Waals surface area contributed by atoms with E-state index in [0.29, 0.717) is 24.5 Å². The number of likely N-dealkylation sites (tertiary alicyclic amines) is 1. The van der Waals surface area contributed by atoms with Crippen molar-refractivity contribution in [1.29, 1.82) is 0 Å². The van der Waals surface area contributed by atoms with Gasteiger partial charge in [0.2, 0.25) is 5.91 Å². The molecule has 0 radical (unpaired) electrons. The summed E-state index contributed by atoms with van der Waals surface area (Å²) in [5, 5.41) is 2.92. The highest BCUT2D eigenvalue weighted by molar-refractivity contribution is 6.09. The van der Waals surface area contributed by atoms with Gasteiger partial charge in [0.25, 0.3) is 5.91 Å². The highest BCUT2D eigenvalue weighted by atomic mass is 16.5. The van der Waals surface area contributed by atoms with Crippen LogP contribution in [0.4, 0.5) is 4.79 Å². The van der Waals surface area contributed by atoms with Crippen LogP contribution in [0.25, 0.3) is 0 Å². The Morgan fingerprint density at radius 1 is 1.16 bits per heavy atom. The highest BCUT2D eigenvalue weighted by Gasteiger charge is 2.55. The van der Waals surface area contributed by atoms with Crippen LogP contribution in [0.2, 0.25) is 0 Å². The molecule has 2 saturated heterocycles. The number of carbonyl (C=O) groups excluding carboxylic acids is 3. The first kappa shape index (κ1) is 21.5. The molecule has 4 rings (SSSR count). The number of rotatable bonds is 5. The number of hydrogen-bond donors (Lipinski definition) is 1. The third-order valence-electron chi connectivity index (χ3n) is 7.16. The standard InChI is InChI=1S/C23H31N3O5/c1-15-7-4-5-11-23(15)21(28)26(22(29)24-23)14-20(27)25-12-6-8-18(25)17-13-16(30-2)9-10-19(17)31-3/h9-10,13,15,18H,4-8,11-12,14H2,1-3H3,(H,24,29)/t15-,18+,23-/m1/s1. The van der Waals surface area contributed by atoms with Crippen LogP contribution in [0.15, 0.2) is 18.2 Å². The molecule has 2 aliphatic heterocycles. The first-order valence-corrected chi connectivity index (χ1v) is 11.1. The lowest BCUT2D eigenvalue weighted by molar-refractivity contribution is -0.141. The maximum absolute atomic E-state index is 13.3. The first-order chi connectivity index (χ1) is 14.9. The number of imide groups is 1. The van der Waals surface area contributed by atoms with Gasteiger partial charge in [0.1, 0.15) is 23.6 Å².